The van der Waals surface area contributed by atoms with Gasteiger partial charge in [0.15, 0.2) is 0 Å². The Morgan fingerprint density at radius 2 is 1.74 bits per heavy atom. The number of carbonyl (C=O) groups excluding carboxylic acids is 1. The lowest BCUT2D eigenvalue weighted by Crippen LogP contribution is -2.42. The van der Waals surface area contributed by atoms with Crippen LogP contribution in [0.1, 0.15) is 60.9 Å². The van der Waals surface area contributed by atoms with E-state index in [4.69, 9.17) is 9.97 Å². The molecule has 2 aliphatic rings. The summed E-state index contributed by atoms with van der Waals surface area (Å²) in [5.74, 6) is 1.69. The minimum Gasteiger partial charge on any atom is -0.362 e. The first-order valence-corrected chi connectivity index (χ1v) is 12.4. The molecule has 1 aromatic carbocycles. The number of anilines is 3. The normalized spacial score (nSPS) is 19.4. The lowest BCUT2D eigenvalue weighted by molar-refractivity contribution is -0.384. The van der Waals surface area contributed by atoms with Gasteiger partial charge in [-0.3, -0.25) is 10.1 Å². The number of aryl methyl sites for hydroxylation is 2. The zero-order valence-corrected chi connectivity index (χ0v) is 21.0. The fourth-order valence-electron chi connectivity index (χ4n) is 5.02. The number of benzene rings is 1. The molecule has 0 spiro atoms. The van der Waals surface area contributed by atoms with Crippen molar-refractivity contribution in [3.63, 3.8) is 0 Å². The van der Waals surface area contributed by atoms with E-state index in [1.54, 1.807) is 13.0 Å². The van der Waals surface area contributed by atoms with Crippen LogP contribution in [0.25, 0.3) is 0 Å². The molecule has 1 saturated carbocycles. The number of aromatic nitrogens is 2. The van der Waals surface area contributed by atoms with Crippen LogP contribution in [0.3, 0.4) is 0 Å². The lowest BCUT2D eigenvalue weighted by atomic mass is 9.91. The molecule has 2 amide bonds. The predicted octanol–water partition coefficient (Wildman–Crippen LogP) is 4.49. The average molecular weight is 482 g/mol. The molecule has 1 heterocycles. The van der Waals surface area contributed by atoms with E-state index in [2.05, 4.69) is 20.9 Å². The standard InChI is InChI=1S/C25H35N7O3/c1-15-9-14-21(32(34)35)22(16(15)2)29-25(33)27-18-12-10-17(11-13-18)26-24-28-20-8-6-5-7-19(20)23(30-24)31(3)4/h9,14,17-18H,5-8,10-13H2,1-4H3,(H,26,28,30)(H2,27,29,33). The third-order valence-corrected chi connectivity index (χ3v) is 7.13. The van der Waals surface area contributed by atoms with Gasteiger partial charge in [0.05, 0.1) is 10.6 Å². The van der Waals surface area contributed by atoms with Gasteiger partial charge in [0.25, 0.3) is 5.69 Å². The van der Waals surface area contributed by atoms with Gasteiger partial charge in [-0.25, -0.2) is 9.78 Å². The zero-order chi connectivity index (χ0) is 25.1. The number of nitro benzene ring substituents is 1. The van der Waals surface area contributed by atoms with E-state index in [1.165, 1.54) is 24.5 Å². The van der Waals surface area contributed by atoms with Crippen molar-refractivity contribution < 1.29 is 9.72 Å². The number of hydrogen-bond acceptors (Lipinski definition) is 7. The molecule has 4 rings (SSSR count). The molecular formula is C25H35N7O3. The van der Waals surface area contributed by atoms with Crippen molar-refractivity contribution in [2.45, 2.75) is 77.3 Å². The molecule has 2 aromatic rings. The highest BCUT2D eigenvalue weighted by molar-refractivity contribution is 5.93. The summed E-state index contributed by atoms with van der Waals surface area (Å²) >= 11 is 0. The number of nitrogens with one attached hydrogen (secondary N) is 3. The van der Waals surface area contributed by atoms with E-state index < -0.39 is 11.0 Å². The van der Waals surface area contributed by atoms with Gasteiger partial charge in [-0.15, -0.1) is 0 Å². The summed E-state index contributed by atoms with van der Waals surface area (Å²) in [4.78, 5) is 35.3. The molecule has 0 radical (unpaired) electrons. The van der Waals surface area contributed by atoms with Crippen LogP contribution in [0.2, 0.25) is 0 Å². The average Bonchev–Trinajstić information content (AvgIpc) is 2.82. The maximum absolute atomic E-state index is 12.6. The number of hydrogen-bond donors (Lipinski definition) is 3. The van der Waals surface area contributed by atoms with Gasteiger partial charge < -0.3 is 20.9 Å². The molecule has 1 fully saturated rings. The van der Waals surface area contributed by atoms with Crippen molar-refractivity contribution >= 4 is 29.2 Å². The molecule has 0 unspecified atom stereocenters. The Balaban J connectivity index is 1.34. The van der Waals surface area contributed by atoms with E-state index in [1.807, 2.05) is 21.0 Å². The lowest BCUT2D eigenvalue weighted by Gasteiger charge is -2.30. The Morgan fingerprint density at radius 1 is 1.06 bits per heavy atom. The van der Waals surface area contributed by atoms with Gasteiger partial charge in [0.1, 0.15) is 11.5 Å². The Morgan fingerprint density at radius 3 is 2.43 bits per heavy atom. The Kier molecular flexibility index (Phi) is 7.37. The van der Waals surface area contributed by atoms with Crippen molar-refractivity contribution in [1.29, 1.82) is 0 Å². The number of nitrogens with zero attached hydrogens (tertiary/aromatic N) is 4. The van der Waals surface area contributed by atoms with Crippen molar-refractivity contribution in [1.82, 2.24) is 15.3 Å². The fraction of sp³-hybridized carbons (Fsp3) is 0.560. The highest BCUT2D eigenvalue weighted by atomic mass is 16.6. The summed E-state index contributed by atoms with van der Waals surface area (Å²) in [5, 5.41) is 20.6. The molecule has 0 saturated heterocycles. The van der Waals surface area contributed by atoms with Crippen LogP contribution in [-0.2, 0) is 12.8 Å². The molecule has 2 aliphatic carbocycles. The Hall–Kier alpha value is -3.43. The second kappa shape index (κ2) is 10.5. The van der Waals surface area contributed by atoms with Gasteiger partial charge in [0, 0.05) is 37.8 Å². The smallest absolute Gasteiger partial charge is 0.319 e. The molecule has 188 valence electrons. The van der Waals surface area contributed by atoms with Crippen LogP contribution >= 0.6 is 0 Å². The largest absolute Gasteiger partial charge is 0.362 e. The summed E-state index contributed by atoms with van der Waals surface area (Å²) in [5.41, 5.74) is 4.17. The van der Waals surface area contributed by atoms with Crippen molar-refractivity contribution in [2.24, 2.45) is 0 Å². The van der Waals surface area contributed by atoms with Gasteiger partial charge in [-0.1, -0.05) is 6.07 Å². The Labute approximate surface area is 206 Å². The van der Waals surface area contributed by atoms with Crippen molar-refractivity contribution in [3.8, 4) is 0 Å². The molecule has 0 bridgehead atoms. The van der Waals surface area contributed by atoms with E-state index in [9.17, 15) is 14.9 Å². The highest BCUT2D eigenvalue weighted by Gasteiger charge is 2.26. The first kappa shape index (κ1) is 24.7. The van der Waals surface area contributed by atoms with Crippen LogP contribution in [0.5, 0.6) is 0 Å². The van der Waals surface area contributed by atoms with E-state index in [0.29, 0.717) is 11.5 Å². The van der Waals surface area contributed by atoms with E-state index in [-0.39, 0.29) is 23.5 Å². The first-order valence-electron chi connectivity index (χ1n) is 12.4. The summed E-state index contributed by atoms with van der Waals surface area (Å²) in [7, 11) is 4.05. The summed E-state index contributed by atoms with van der Waals surface area (Å²) < 4.78 is 0. The molecule has 3 N–H and O–H groups in total. The molecule has 0 aliphatic heterocycles. The van der Waals surface area contributed by atoms with Gasteiger partial charge in [0.2, 0.25) is 5.95 Å². The summed E-state index contributed by atoms with van der Waals surface area (Å²) in [6.07, 6.45) is 7.77. The molecule has 10 heteroatoms. The number of fused-ring (bicyclic) bond motifs is 1. The van der Waals surface area contributed by atoms with Crippen LogP contribution in [0, 0.1) is 24.0 Å². The Bertz CT molecular complexity index is 1110. The maximum atomic E-state index is 12.6. The molecule has 0 atom stereocenters. The van der Waals surface area contributed by atoms with Crippen molar-refractivity contribution in [3.05, 3.63) is 44.6 Å². The summed E-state index contributed by atoms with van der Waals surface area (Å²) in [6, 6.07) is 2.97. The fourth-order valence-corrected chi connectivity index (χ4v) is 5.02. The third kappa shape index (κ3) is 5.63. The van der Waals surface area contributed by atoms with Crippen LogP contribution in [0.4, 0.5) is 27.9 Å². The monoisotopic (exact) mass is 481 g/mol. The van der Waals surface area contributed by atoms with Crippen LogP contribution in [0.15, 0.2) is 12.1 Å². The maximum Gasteiger partial charge on any atom is 0.319 e. The van der Waals surface area contributed by atoms with Crippen LogP contribution in [-0.4, -0.2) is 47.1 Å². The quantitative estimate of drug-likeness (QED) is 0.410. The van der Waals surface area contributed by atoms with Gasteiger partial charge in [-0.2, -0.15) is 4.98 Å². The third-order valence-electron chi connectivity index (χ3n) is 7.13. The predicted molar refractivity (Wildman–Crippen MR) is 137 cm³/mol. The second-order valence-electron chi connectivity index (χ2n) is 9.85. The first-order chi connectivity index (χ1) is 16.7. The van der Waals surface area contributed by atoms with Gasteiger partial charge in [-0.05, 0) is 76.3 Å². The number of nitro groups is 1. The zero-order valence-electron chi connectivity index (χ0n) is 21.0. The SMILES string of the molecule is Cc1ccc([N+](=O)[O-])c(NC(=O)NC2CCC(Nc3nc4c(c(N(C)C)n3)CCCC4)CC2)c1C. The van der Waals surface area contributed by atoms with Crippen molar-refractivity contribution in [2.75, 3.05) is 29.6 Å². The van der Waals surface area contributed by atoms with Gasteiger partial charge >= 0.3 is 6.03 Å². The minimum atomic E-state index is -0.469. The van der Waals surface area contributed by atoms with E-state index >= 15 is 0 Å². The topological polar surface area (TPSA) is 125 Å². The molecular weight excluding hydrogens is 446 g/mol. The van der Waals surface area contributed by atoms with E-state index in [0.717, 1.165) is 55.6 Å². The molecule has 1 aromatic heterocycles. The summed E-state index contributed by atoms with van der Waals surface area (Å²) in [6.45, 7) is 3.64. The number of carbonyl (C=O) groups is 1. The highest BCUT2D eigenvalue weighted by Crippen LogP contribution is 2.31. The number of amides is 2. The minimum absolute atomic E-state index is 0.0130. The number of urea groups is 1. The number of rotatable bonds is 6. The second-order valence-corrected chi connectivity index (χ2v) is 9.85. The molecule has 10 nitrogen and oxygen atoms in total. The molecule has 35 heavy (non-hydrogen) atoms. The van der Waals surface area contributed by atoms with Crippen LogP contribution < -0.4 is 20.9 Å².